The van der Waals surface area contributed by atoms with Crippen LogP contribution in [0.5, 0.6) is 0 Å². The van der Waals surface area contributed by atoms with Crippen LogP contribution >= 0.6 is 8.25 Å². The zero-order chi connectivity index (χ0) is 36.5. The Bertz CT molecular complexity index is 1650. The second-order valence-corrected chi connectivity index (χ2v) is 14.5. The number of hydrogen-bond acceptors (Lipinski definition) is 7. The maximum absolute atomic E-state index is 14.0. The molecule has 8 nitrogen and oxygen atoms in total. The second kappa shape index (κ2) is 14.4. The maximum atomic E-state index is 14.0. The minimum absolute atomic E-state index is 0.0445. The van der Waals surface area contributed by atoms with Crippen molar-refractivity contribution in [1.29, 1.82) is 0 Å². The molecule has 49 heavy (non-hydrogen) atoms. The van der Waals surface area contributed by atoms with Crippen molar-refractivity contribution in [2.75, 3.05) is 49.8 Å². The van der Waals surface area contributed by atoms with Crippen LogP contribution in [0.25, 0.3) is 11.1 Å². The predicted octanol–water partition coefficient (Wildman–Crippen LogP) is 8.34. The van der Waals surface area contributed by atoms with Gasteiger partial charge in [0.05, 0.1) is 34.0 Å². The fourth-order valence-electron chi connectivity index (χ4n) is 5.47. The van der Waals surface area contributed by atoms with Crippen molar-refractivity contribution < 1.29 is 44.7 Å². The number of hydrogen-bond donors (Lipinski definition) is 0. The predicted molar refractivity (Wildman–Crippen MR) is 177 cm³/mol. The van der Waals surface area contributed by atoms with Gasteiger partial charge in [-0.05, 0) is 82.5 Å². The maximum Gasteiger partial charge on any atom is 0.416 e. The first-order valence-electron chi connectivity index (χ1n) is 15.5. The second-order valence-electron chi connectivity index (χ2n) is 13.5. The number of anilines is 2. The molecule has 0 aliphatic carbocycles. The Morgan fingerprint density at radius 1 is 0.857 bits per heavy atom. The fourth-order valence-corrected chi connectivity index (χ4v) is 6.31. The summed E-state index contributed by atoms with van der Waals surface area (Å²) >= 11 is 0. The van der Waals surface area contributed by atoms with Crippen molar-refractivity contribution >= 4 is 25.7 Å². The van der Waals surface area contributed by atoms with Crippen LogP contribution in [0.1, 0.15) is 56.9 Å². The number of carbonyl (C=O) groups excluding carboxylic acids is 1. The van der Waals surface area contributed by atoms with Crippen molar-refractivity contribution in [3.63, 3.8) is 0 Å². The van der Waals surface area contributed by atoms with Gasteiger partial charge in [-0.25, -0.2) is 4.98 Å². The molecule has 1 atom stereocenters. The highest BCUT2D eigenvalue weighted by Crippen LogP contribution is 2.41. The molecule has 4 rings (SSSR count). The number of halogens is 6. The summed E-state index contributed by atoms with van der Waals surface area (Å²) in [5.41, 5.74) is -3.21. The number of amides is 1. The minimum atomic E-state index is -5.06. The third-order valence-corrected chi connectivity index (χ3v) is 9.41. The molecule has 2 aromatic carbocycles. The molecule has 268 valence electrons. The minimum Gasteiger partial charge on any atom is -0.354 e. The van der Waals surface area contributed by atoms with Gasteiger partial charge in [-0.2, -0.15) is 26.3 Å². The first-order chi connectivity index (χ1) is 22.6. The number of pyridine rings is 1. The Morgan fingerprint density at radius 3 is 1.94 bits per heavy atom. The highest BCUT2D eigenvalue weighted by Gasteiger charge is 2.41. The number of benzene rings is 2. The van der Waals surface area contributed by atoms with E-state index in [0.717, 1.165) is 11.1 Å². The zero-order valence-corrected chi connectivity index (χ0v) is 29.4. The number of aromatic nitrogens is 1. The van der Waals surface area contributed by atoms with Gasteiger partial charge in [-0.15, -0.1) is 0 Å². The Kier molecular flexibility index (Phi) is 11.3. The summed E-state index contributed by atoms with van der Waals surface area (Å²) in [7, 11) is -1.24. The van der Waals surface area contributed by atoms with Crippen LogP contribution in [0, 0.1) is 6.92 Å². The fraction of sp³-hybridized carbons (Fsp3) is 0.471. The van der Waals surface area contributed by atoms with Crippen LogP contribution in [0.15, 0.2) is 54.7 Å². The van der Waals surface area contributed by atoms with Crippen LogP contribution in [-0.2, 0) is 36.2 Å². The van der Waals surface area contributed by atoms with E-state index in [1.807, 2.05) is 47.1 Å². The molecule has 1 amide bonds. The number of alkyl halides is 6. The van der Waals surface area contributed by atoms with E-state index in [1.54, 1.807) is 20.8 Å². The Morgan fingerprint density at radius 2 is 1.41 bits per heavy atom. The molecule has 1 aliphatic heterocycles. The van der Waals surface area contributed by atoms with Gasteiger partial charge < -0.3 is 14.3 Å². The molecule has 0 spiro atoms. The molecule has 0 radical (unpaired) electrons. The lowest BCUT2D eigenvalue weighted by molar-refractivity contribution is -0.143. The van der Waals surface area contributed by atoms with Gasteiger partial charge in [0.25, 0.3) is 0 Å². The third-order valence-electron chi connectivity index (χ3n) is 8.26. The van der Waals surface area contributed by atoms with Gasteiger partial charge in [-0.1, -0.05) is 24.3 Å². The Balaban J connectivity index is 1.63. The van der Waals surface area contributed by atoms with Crippen molar-refractivity contribution in [3.8, 4) is 11.1 Å². The summed E-state index contributed by atoms with van der Waals surface area (Å²) in [6.07, 6.45) is -8.63. The van der Waals surface area contributed by atoms with E-state index in [0.29, 0.717) is 55.4 Å². The van der Waals surface area contributed by atoms with E-state index < -0.39 is 54.2 Å². The van der Waals surface area contributed by atoms with Crippen molar-refractivity contribution in [1.82, 2.24) is 9.88 Å². The van der Waals surface area contributed by atoms with Gasteiger partial charge in [-0.3, -0.25) is 18.8 Å². The average Bonchev–Trinajstić information content (AvgIpc) is 3.01. The zero-order valence-electron chi connectivity index (χ0n) is 28.4. The summed E-state index contributed by atoms with van der Waals surface area (Å²) < 4.78 is 105. The number of aryl methyl sites for hydroxylation is 1. The summed E-state index contributed by atoms with van der Waals surface area (Å²) in [6.45, 7) is 12.3. The molecule has 15 heteroatoms. The van der Waals surface area contributed by atoms with Gasteiger partial charge in [0.1, 0.15) is 12.5 Å². The standard InChI is InChI=1S/C34H41F6N4O4P/c1-22-10-8-9-11-26(22)27-19-29(44-14-12-43(13-15-44)21-47-49(46)48-31(2,3)4)41-20-28(27)42(7)30(45)32(5,6)23-16-24(33(35,36)37)18-25(17-23)34(38,39)40/h8-11,16-20,49H,12-15,21H2,1-7H3. The molecular formula is C34H41F6N4O4P. The van der Waals surface area contributed by atoms with Crippen molar-refractivity contribution in [2.45, 2.75) is 64.9 Å². The molecule has 1 aromatic heterocycles. The highest BCUT2D eigenvalue weighted by molar-refractivity contribution is 7.33. The average molecular weight is 715 g/mol. The van der Waals surface area contributed by atoms with Crippen LogP contribution in [0.2, 0.25) is 0 Å². The number of piperazine rings is 1. The number of likely N-dealkylation sites (N-methyl/N-ethyl adjacent to an activating group) is 1. The number of carbonyl (C=O) groups is 1. The largest absolute Gasteiger partial charge is 0.416 e. The van der Waals surface area contributed by atoms with Gasteiger partial charge in [0.15, 0.2) is 0 Å². The summed E-state index contributed by atoms with van der Waals surface area (Å²) in [6, 6.07) is 10.5. The lowest BCUT2D eigenvalue weighted by Crippen LogP contribution is -2.47. The summed E-state index contributed by atoms with van der Waals surface area (Å²) in [4.78, 5) is 23.9. The van der Waals surface area contributed by atoms with Crippen LogP contribution in [0.3, 0.4) is 0 Å². The lowest BCUT2D eigenvalue weighted by atomic mass is 9.81. The molecule has 1 aliphatic rings. The molecule has 1 unspecified atom stereocenters. The Labute approximate surface area is 283 Å². The van der Waals surface area contributed by atoms with E-state index in [1.165, 1.54) is 32.0 Å². The monoisotopic (exact) mass is 714 g/mol. The van der Waals surface area contributed by atoms with Gasteiger partial charge in [0.2, 0.25) is 5.91 Å². The smallest absolute Gasteiger partial charge is 0.354 e. The van der Waals surface area contributed by atoms with Gasteiger partial charge >= 0.3 is 20.6 Å². The van der Waals surface area contributed by atoms with Crippen LogP contribution in [-0.4, -0.2) is 61.3 Å². The van der Waals surface area contributed by atoms with E-state index in [-0.39, 0.29) is 12.8 Å². The molecule has 3 aromatic rings. The highest BCUT2D eigenvalue weighted by atomic mass is 31.1. The Hall–Kier alpha value is -3.45. The molecule has 0 saturated carbocycles. The van der Waals surface area contributed by atoms with Crippen LogP contribution in [0.4, 0.5) is 37.8 Å². The van der Waals surface area contributed by atoms with E-state index in [4.69, 9.17) is 9.05 Å². The van der Waals surface area contributed by atoms with Gasteiger partial charge in [0, 0.05) is 38.8 Å². The van der Waals surface area contributed by atoms with Crippen molar-refractivity contribution in [3.05, 3.63) is 77.0 Å². The molecule has 0 N–H and O–H groups in total. The SMILES string of the molecule is Cc1ccccc1-c1cc(N2CCN(CO[PH](=O)OC(C)(C)C)CC2)ncc1N(C)C(=O)C(C)(C)c1cc(C(F)(F)F)cc(C(F)(F)F)c1. The molecular weight excluding hydrogens is 673 g/mol. The molecule has 1 saturated heterocycles. The number of nitrogens with zero attached hydrogens (tertiary/aromatic N) is 4. The molecule has 2 heterocycles. The molecule has 1 fully saturated rings. The summed E-state index contributed by atoms with van der Waals surface area (Å²) in [5.74, 6) is -0.118. The van der Waals surface area contributed by atoms with E-state index in [9.17, 15) is 35.7 Å². The van der Waals surface area contributed by atoms with E-state index in [2.05, 4.69) is 4.98 Å². The lowest BCUT2D eigenvalue weighted by Gasteiger charge is -2.36. The number of rotatable bonds is 9. The first-order valence-corrected chi connectivity index (χ1v) is 16.8. The normalized spacial score (nSPS) is 15.7. The third kappa shape index (κ3) is 9.42. The summed E-state index contributed by atoms with van der Waals surface area (Å²) in [5, 5.41) is 0. The van der Waals surface area contributed by atoms with Crippen LogP contribution < -0.4 is 9.80 Å². The first kappa shape index (κ1) is 38.4. The van der Waals surface area contributed by atoms with Crippen molar-refractivity contribution in [2.24, 2.45) is 0 Å². The molecule has 0 bridgehead atoms. The quantitative estimate of drug-likeness (QED) is 0.163. The topological polar surface area (TPSA) is 75.2 Å². The van der Waals surface area contributed by atoms with E-state index >= 15 is 0 Å².